The summed E-state index contributed by atoms with van der Waals surface area (Å²) in [5.41, 5.74) is 2.14. The van der Waals surface area contributed by atoms with Gasteiger partial charge in [-0.1, -0.05) is 29.8 Å². The van der Waals surface area contributed by atoms with Gasteiger partial charge in [-0.2, -0.15) is 0 Å². The van der Waals surface area contributed by atoms with Crippen molar-refractivity contribution < 1.29 is 14.0 Å². The Labute approximate surface area is 180 Å². The second-order valence-corrected chi connectivity index (χ2v) is 7.98. The van der Waals surface area contributed by atoms with Crippen LogP contribution in [0, 0.1) is 0 Å². The van der Waals surface area contributed by atoms with E-state index in [0.717, 1.165) is 29.8 Å². The van der Waals surface area contributed by atoms with Crippen LogP contribution in [0.5, 0.6) is 0 Å². The van der Waals surface area contributed by atoms with E-state index in [2.05, 4.69) is 10.3 Å². The molecule has 4 rings (SSSR count). The first kappa shape index (κ1) is 20.4. The van der Waals surface area contributed by atoms with Crippen LogP contribution in [-0.2, 0) is 4.79 Å². The van der Waals surface area contributed by atoms with E-state index in [9.17, 15) is 9.59 Å². The van der Waals surface area contributed by atoms with Gasteiger partial charge in [-0.15, -0.1) is 0 Å². The van der Waals surface area contributed by atoms with E-state index >= 15 is 0 Å². The molecule has 0 aliphatic carbocycles. The van der Waals surface area contributed by atoms with E-state index in [0.29, 0.717) is 43.1 Å². The average molecular weight is 426 g/mol. The molecule has 6 nitrogen and oxygen atoms in total. The molecule has 0 spiro atoms. The van der Waals surface area contributed by atoms with Crippen LogP contribution in [0.2, 0.25) is 5.02 Å². The van der Waals surface area contributed by atoms with Crippen molar-refractivity contribution in [2.75, 3.05) is 19.6 Å². The summed E-state index contributed by atoms with van der Waals surface area (Å²) in [6, 6.07) is 14.5. The summed E-state index contributed by atoms with van der Waals surface area (Å²) in [6.45, 7) is 1.88. The van der Waals surface area contributed by atoms with Gasteiger partial charge in [0.1, 0.15) is 5.52 Å². The van der Waals surface area contributed by atoms with Gasteiger partial charge < -0.3 is 14.6 Å². The number of nitrogens with one attached hydrogen (secondary N) is 1. The molecule has 3 aromatic rings. The third-order valence-electron chi connectivity index (χ3n) is 5.45. The van der Waals surface area contributed by atoms with Crippen LogP contribution in [0.4, 0.5) is 0 Å². The molecule has 0 bridgehead atoms. The first-order valence-electron chi connectivity index (χ1n) is 10.3. The Morgan fingerprint density at radius 3 is 2.67 bits per heavy atom. The molecule has 0 atom stereocenters. The molecule has 1 aliphatic heterocycles. The lowest BCUT2D eigenvalue weighted by molar-refractivity contribution is -0.132. The minimum absolute atomic E-state index is 0.108. The van der Waals surface area contributed by atoms with Crippen molar-refractivity contribution in [1.82, 2.24) is 15.2 Å². The SMILES string of the molecule is O=C(NCCCC(=O)N1CCC(c2nc3cc(Cl)ccc3o2)CC1)c1ccccc1. The zero-order valence-electron chi connectivity index (χ0n) is 16.6. The minimum atomic E-state index is -0.108. The molecule has 0 unspecified atom stereocenters. The zero-order valence-corrected chi connectivity index (χ0v) is 17.4. The van der Waals surface area contributed by atoms with Gasteiger partial charge in [0.2, 0.25) is 5.91 Å². The molecule has 2 heterocycles. The average Bonchev–Trinajstić information content (AvgIpc) is 3.20. The quantitative estimate of drug-likeness (QED) is 0.594. The molecule has 1 aromatic heterocycles. The second kappa shape index (κ2) is 9.30. The summed E-state index contributed by atoms with van der Waals surface area (Å²) in [4.78, 5) is 31.0. The second-order valence-electron chi connectivity index (χ2n) is 7.54. The number of carbonyl (C=O) groups is 2. The van der Waals surface area contributed by atoms with Gasteiger partial charge in [-0.05, 0) is 49.6 Å². The molecular formula is C23H24ClN3O3. The number of likely N-dealkylation sites (tertiary alicyclic amines) is 1. The number of benzene rings is 2. The van der Waals surface area contributed by atoms with Crippen LogP contribution in [0.15, 0.2) is 52.9 Å². The van der Waals surface area contributed by atoms with Gasteiger partial charge >= 0.3 is 0 Å². The predicted octanol–water partition coefficient (Wildman–Crippen LogP) is 4.40. The summed E-state index contributed by atoms with van der Waals surface area (Å²) in [7, 11) is 0. The molecule has 7 heteroatoms. The lowest BCUT2D eigenvalue weighted by atomic mass is 9.96. The van der Waals surface area contributed by atoms with Crippen LogP contribution in [0.3, 0.4) is 0 Å². The maximum Gasteiger partial charge on any atom is 0.251 e. The van der Waals surface area contributed by atoms with E-state index in [1.807, 2.05) is 29.2 Å². The van der Waals surface area contributed by atoms with E-state index in [4.69, 9.17) is 16.0 Å². The van der Waals surface area contributed by atoms with E-state index in [-0.39, 0.29) is 17.7 Å². The fourth-order valence-electron chi connectivity index (χ4n) is 3.76. The number of hydrogen-bond donors (Lipinski definition) is 1. The molecule has 156 valence electrons. The highest BCUT2D eigenvalue weighted by atomic mass is 35.5. The van der Waals surface area contributed by atoms with Crippen molar-refractivity contribution in [3.05, 3.63) is 65.0 Å². The molecule has 1 saturated heterocycles. The number of oxazole rings is 1. The Morgan fingerprint density at radius 2 is 1.90 bits per heavy atom. The van der Waals surface area contributed by atoms with Gasteiger partial charge in [0.05, 0.1) is 0 Å². The minimum Gasteiger partial charge on any atom is -0.440 e. The smallest absolute Gasteiger partial charge is 0.251 e. The summed E-state index contributed by atoms with van der Waals surface area (Å²) in [5, 5.41) is 3.50. The van der Waals surface area contributed by atoms with Crippen molar-refractivity contribution in [2.24, 2.45) is 0 Å². The molecule has 30 heavy (non-hydrogen) atoms. The number of carbonyl (C=O) groups excluding carboxylic acids is 2. The highest BCUT2D eigenvalue weighted by molar-refractivity contribution is 6.31. The molecule has 1 fully saturated rings. The number of amides is 2. The first-order valence-corrected chi connectivity index (χ1v) is 10.6. The van der Waals surface area contributed by atoms with Crippen molar-refractivity contribution >= 4 is 34.5 Å². The Morgan fingerprint density at radius 1 is 1.13 bits per heavy atom. The van der Waals surface area contributed by atoms with Crippen LogP contribution in [0.1, 0.15) is 47.8 Å². The van der Waals surface area contributed by atoms with Crippen LogP contribution >= 0.6 is 11.6 Å². The summed E-state index contributed by atoms with van der Waals surface area (Å²) >= 11 is 6.02. The Balaban J connectivity index is 1.21. The van der Waals surface area contributed by atoms with Gasteiger partial charge in [0, 0.05) is 42.6 Å². The van der Waals surface area contributed by atoms with Crippen molar-refractivity contribution in [3.63, 3.8) is 0 Å². The highest BCUT2D eigenvalue weighted by Gasteiger charge is 2.26. The third-order valence-corrected chi connectivity index (χ3v) is 5.69. The first-order chi connectivity index (χ1) is 14.6. The fourth-order valence-corrected chi connectivity index (χ4v) is 3.93. The number of nitrogens with zero attached hydrogens (tertiary/aromatic N) is 2. The number of rotatable bonds is 6. The molecule has 1 N–H and O–H groups in total. The maximum atomic E-state index is 12.5. The number of hydrogen-bond acceptors (Lipinski definition) is 4. The number of aromatic nitrogens is 1. The molecular weight excluding hydrogens is 402 g/mol. The van der Waals surface area contributed by atoms with E-state index in [1.165, 1.54) is 0 Å². The zero-order chi connectivity index (χ0) is 20.9. The predicted molar refractivity (Wildman–Crippen MR) is 116 cm³/mol. The van der Waals surface area contributed by atoms with Gasteiger partial charge in [0.25, 0.3) is 5.91 Å². The van der Waals surface area contributed by atoms with Gasteiger partial charge in [-0.25, -0.2) is 4.98 Å². The van der Waals surface area contributed by atoms with E-state index < -0.39 is 0 Å². The summed E-state index contributed by atoms with van der Waals surface area (Å²) < 4.78 is 5.88. The Bertz CT molecular complexity index is 1030. The summed E-state index contributed by atoms with van der Waals surface area (Å²) in [6.07, 6.45) is 2.72. The fraction of sp³-hybridized carbons (Fsp3) is 0.348. The third kappa shape index (κ3) is 4.82. The van der Waals surface area contributed by atoms with Gasteiger partial charge in [-0.3, -0.25) is 9.59 Å². The number of piperidine rings is 1. The van der Waals surface area contributed by atoms with Crippen molar-refractivity contribution in [1.29, 1.82) is 0 Å². The molecule has 1 aliphatic rings. The largest absolute Gasteiger partial charge is 0.440 e. The Kier molecular flexibility index (Phi) is 6.33. The van der Waals surface area contributed by atoms with Crippen molar-refractivity contribution in [2.45, 2.75) is 31.6 Å². The van der Waals surface area contributed by atoms with Crippen LogP contribution in [-0.4, -0.2) is 41.3 Å². The lowest BCUT2D eigenvalue weighted by Crippen LogP contribution is -2.38. The number of fused-ring (bicyclic) bond motifs is 1. The standard InChI is InChI=1S/C23H24ClN3O3/c24-18-8-9-20-19(15-18)26-23(30-20)17-10-13-27(14-11-17)21(28)7-4-12-25-22(29)16-5-2-1-3-6-16/h1-3,5-6,8-9,15,17H,4,7,10-14H2,(H,25,29). The van der Waals surface area contributed by atoms with Crippen LogP contribution < -0.4 is 5.32 Å². The van der Waals surface area contributed by atoms with E-state index in [1.54, 1.807) is 24.3 Å². The lowest BCUT2D eigenvalue weighted by Gasteiger charge is -2.30. The van der Waals surface area contributed by atoms with Crippen molar-refractivity contribution in [3.8, 4) is 0 Å². The number of halogens is 1. The normalized spacial score (nSPS) is 14.8. The monoisotopic (exact) mass is 425 g/mol. The molecule has 2 aromatic carbocycles. The van der Waals surface area contributed by atoms with Gasteiger partial charge in [0.15, 0.2) is 11.5 Å². The maximum absolute atomic E-state index is 12.5. The molecule has 0 radical (unpaired) electrons. The highest BCUT2D eigenvalue weighted by Crippen LogP contribution is 2.31. The summed E-state index contributed by atoms with van der Waals surface area (Å²) in [5.74, 6) is 0.962. The molecule has 2 amide bonds. The molecule has 0 saturated carbocycles. The Hall–Kier alpha value is -2.86. The van der Waals surface area contributed by atoms with Crippen LogP contribution in [0.25, 0.3) is 11.1 Å². The topological polar surface area (TPSA) is 75.4 Å².